The third-order valence-corrected chi connectivity index (χ3v) is 9.68. The molecule has 0 N–H and O–H groups in total. The summed E-state index contributed by atoms with van der Waals surface area (Å²) in [6.07, 6.45) is 23.7. The van der Waals surface area contributed by atoms with Crippen molar-refractivity contribution in [1.29, 1.82) is 0 Å². The van der Waals surface area contributed by atoms with Crippen LogP contribution in [0.15, 0.2) is 48.6 Å². The van der Waals surface area contributed by atoms with Crippen molar-refractivity contribution >= 4 is 5.78 Å². The Morgan fingerprint density at radius 2 is 1.97 bits per heavy atom. The van der Waals surface area contributed by atoms with Crippen molar-refractivity contribution in [2.24, 2.45) is 34.5 Å². The summed E-state index contributed by atoms with van der Waals surface area (Å²) >= 11 is 0. The first-order valence-corrected chi connectivity index (χ1v) is 12.7. The number of rotatable bonds is 7. The van der Waals surface area contributed by atoms with Crippen LogP contribution in [0.25, 0.3) is 0 Å². The first-order valence-electron chi connectivity index (χ1n) is 12.7. The molecule has 0 spiro atoms. The van der Waals surface area contributed by atoms with E-state index in [1.165, 1.54) is 38.5 Å². The Hall–Kier alpha value is -1.41. The minimum Gasteiger partial charge on any atom is -0.378 e. The van der Waals surface area contributed by atoms with Crippen LogP contribution in [0.2, 0.25) is 0 Å². The van der Waals surface area contributed by atoms with Gasteiger partial charge in [-0.25, -0.2) is 0 Å². The lowest BCUT2D eigenvalue weighted by atomic mass is 9.47. The molecule has 0 bridgehead atoms. The maximum atomic E-state index is 12.3. The number of hydrogen-bond acceptors (Lipinski definition) is 2. The summed E-state index contributed by atoms with van der Waals surface area (Å²) in [5, 5.41) is 0. The number of carbonyl (C=O) groups excluding carboxylic acids is 1. The fourth-order valence-corrected chi connectivity index (χ4v) is 8.06. The molecule has 0 aliphatic heterocycles. The lowest BCUT2D eigenvalue weighted by Crippen LogP contribution is -2.51. The van der Waals surface area contributed by atoms with E-state index in [0.29, 0.717) is 23.2 Å². The first kappa shape index (κ1) is 22.8. The molecule has 4 aliphatic carbocycles. The van der Waals surface area contributed by atoms with Crippen LogP contribution in [0.1, 0.15) is 78.6 Å². The van der Waals surface area contributed by atoms with Crippen molar-refractivity contribution in [3.63, 3.8) is 0 Å². The van der Waals surface area contributed by atoms with E-state index in [1.807, 2.05) is 19.1 Å². The molecule has 31 heavy (non-hydrogen) atoms. The second kappa shape index (κ2) is 9.22. The molecule has 7 atom stereocenters. The highest BCUT2D eigenvalue weighted by molar-refractivity contribution is 5.79. The van der Waals surface area contributed by atoms with E-state index in [1.54, 1.807) is 11.6 Å². The lowest BCUT2D eigenvalue weighted by molar-refractivity contribution is -0.127. The van der Waals surface area contributed by atoms with Gasteiger partial charge in [0.15, 0.2) is 0 Å². The molecule has 170 valence electrons. The Morgan fingerprint density at radius 3 is 2.74 bits per heavy atom. The first-order chi connectivity index (χ1) is 14.9. The third-order valence-electron chi connectivity index (χ3n) is 9.68. The molecule has 0 aromatic carbocycles. The summed E-state index contributed by atoms with van der Waals surface area (Å²) in [6, 6.07) is 0. The van der Waals surface area contributed by atoms with Crippen LogP contribution in [-0.2, 0) is 9.53 Å². The van der Waals surface area contributed by atoms with Gasteiger partial charge in [0.05, 0.1) is 12.7 Å². The van der Waals surface area contributed by atoms with E-state index in [-0.39, 0.29) is 5.41 Å². The van der Waals surface area contributed by atoms with Gasteiger partial charge in [-0.3, -0.25) is 4.79 Å². The van der Waals surface area contributed by atoms with Gasteiger partial charge in [0, 0.05) is 5.92 Å². The topological polar surface area (TPSA) is 26.3 Å². The molecule has 4 aliphatic rings. The van der Waals surface area contributed by atoms with Gasteiger partial charge in [-0.2, -0.15) is 0 Å². The van der Waals surface area contributed by atoms with Crippen LogP contribution >= 0.6 is 0 Å². The van der Waals surface area contributed by atoms with E-state index in [4.69, 9.17) is 4.74 Å². The molecule has 2 nitrogen and oxygen atoms in total. The van der Waals surface area contributed by atoms with Crippen molar-refractivity contribution in [3.8, 4) is 0 Å². The summed E-state index contributed by atoms with van der Waals surface area (Å²) < 4.78 is 6.27. The number of fused-ring (bicyclic) bond motifs is 5. The molecular weight excluding hydrogens is 380 g/mol. The molecule has 0 radical (unpaired) electrons. The van der Waals surface area contributed by atoms with Crippen LogP contribution in [0, 0.1) is 34.5 Å². The van der Waals surface area contributed by atoms with Gasteiger partial charge < -0.3 is 4.74 Å². The van der Waals surface area contributed by atoms with Crippen molar-refractivity contribution in [2.45, 2.75) is 84.7 Å². The molecule has 0 aromatic heterocycles. The van der Waals surface area contributed by atoms with Crippen molar-refractivity contribution in [3.05, 3.63) is 48.6 Å². The van der Waals surface area contributed by atoms with E-state index in [0.717, 1.165) is 43.6 Å². The largest absolute Gasteiger partial charge is 0.378 e. The average Bonchev–Trinajstić information content (AvgIpc) is 3.10. The van der Waals surface area contributed by atoms with Gasteiger partial charge in [-0.1, -0.05) is 62.5 Å². The smallest absolute Gasteiger partial charge is 0.133 e. The van der Waals surface area contributed by atoms with Gasteiger partial charge in [0.1, 0.15) is 5.78 Å². The molecule has 0 aromatic rings. The highest BCUT2D eigenvalue weighted by atomic mass is 16.5. The Balaban J connectivity index is 1.38. The lowest BCUT2D eigenvalue weighted by Gasteiger charge is -2.58. The maximum absolute atomic E-state index is 12.3. The fraction of sp³-hybridized carbons (Fsp3) is 0.690. The molecule has 3 fully saturated rings. The second-order valence-corrected chi connectivity index (χ2v) is 11.1. The second-order valence-electron chi connectivity index (χ2n) is 11.1. The van der Waals surface area contributed by atoms with Crippen LogP contribution < -0.4 is 0 Å². The molecule has 3 saturated carbocycles. The SMILES string of the molecule is C=C/C=C\C=C/CCOC1CCC2(C)C(=CCC3C2CCC2(C)C(C(C)=O)CCC32)C1. The Kier molecular flexibility index (Phi) is 6.77. The molecule has 0 amide bonds. The molecule has 7 unspecified atom stereocenters. The minimum atomic E-state index is 0.253. The zero-order valence-electron chi connectivity index (χ0n) is 19.9. The normalized spacial score (nSPS) is 42.2. The van der Waals surface area contributed by atoms with E-state index < -0.39 is 0 Å². The molecular formula is C29H42O2. The quantitative estimate of drug-likeness (QED) is 0.246. The number of hydrogen-bond donors (Lipinski definition) is 0. The Labute approximate surface area is 189 Å². The minimum absolute atomic E-state index is 0.253. The standard InChI is InChI=1S/C29H42O2/c1-5-6-7-8-9-10-19-31-23-15-17-28(3)22(20-23)11-12-24-26-14-13-25(21(2)30)29(26,4)18-16-27(24)28/h5-9,11,23-27H,1,10,12-20H2,2-4H3/b7-6-,9-8-. The van der Waals surface area contributed by atoms with Crippen LogP contribution in [-0.4, -0.2) is 18.5 Å². The monoisotopic (exact) mass is 422 g/mol. The zero-order chi connectivity index (χ0) is 22.1. The zero-order valence-corrected chi connectivity index (χ0v) is 19.9. The maximum Gasteiger partial charge on any atom is 0.133 e. The number of carbonyl (C=O) groups is 1. The summed E-state index contributed by atoms with van der Waals surface area (Å²) in [5.41, 5.74) is 2.29. The van der Waals surface area contributed by atoms with Crippen molar-refractivity contribution < 1.29 is 9.53 Å². The fourth-order valence-electron chi connectivity index (χ4n) is 8.06. The Bertz CT molecular complexity index is 774. The van der Waals surface area contributed by atoms with Crippen molar-refractivity contribution in [1.82, 2.24) is 0 Å². The highest BCUT2D eigenvalue weighted by Crippen LogP contribution is 2.66. The average molecular weight is 423 g/mol. The van der Waals surface area contributed by atoms with E-state index >= 15 is 0 Å². The van der Waals surface area contributed by atoms with E-state index in [2.05, 4.69) is 38.7 Å². The number of ether oxygens (including phenoxy) is 1. The Morgan fingerprint density at radius 1 is 1.13 bits per heavy atom. The van der Waals surface area contributed by atoms with Crippen LogP contribution in [0.3, 0.4) is 0 Å². The molecule has 0 heterocycles. The number of Topliss-reactive ketones (excluding diaryl/α,β-unsaturated/α-hetero) is 1. The summed E-state index contributed by atoms with van der Waals surface area (Å²) in [7, 11) is 0. The number of ketones is 1. The van der Waals surface area contributed by atoms with Gasteiger partial charge in [-0.15, -0.1) is 0 Å². The van der Waals surface area contributed by atoms with E-state index in [9.17, 15) is 4.79 Å². The molecule has 2 heteroatoms. The summed E-state index contributed by atoms with van der Waals surface area (Å²) in [5.74, 6) is 3.07. The van der Waals surface area contributed by atoms with Crippen LogP contribution in [0.4, 0.5) is 0 Å². The van der Waals surface area contributed by atoms with Crippen LogP contribution in [0.5, 0.6) is 0 Å². The summed E-state index contributed by atoms with van der Waals surface area (Å²) in [4.78, 5) is 12.3. The predicted molar refractivity (Wildman–Crippen MR) is 129 cm³/mol. The van der Waals surface area contributed by atoms with Gasteiger partial charge in [0.2, 0.25) is 0 Å². The van der Waals surface area contributed by atoms with Gasteiger partial charge in [0.25, 0.3) is 0 Å². The molecule has 4 rings (SSSR count). The third kappa shape index (κ3) is 4.17. The van der Waals surface area contributed by atoms with Gasteiger partial charge >= 0.3 is 0 Å². The highest BCUT2D eigenvalue weighted by Gasteiger charge is 2.59. The molecule has 0 saturated heterocycles. The predicted octanol–water partition coefficient (Wildman–Crippen LogP) is 7.23. The summed E-state index contributed by atoms with van der Waals surface area (Å²) in [6.45, 7) is 11.3. The van der Waals surface area contributed by atoms with Crippen molar-refractivity contribution in [2.75, 3.05) is 6.61 Å². The van der Waals surface area contributed by atoms with Gasteiger partial charge in [-0.05, 0) is 93.3 Å². The number of allylic oxidation sites excluding steroid dienone is 5.